The van der Waals surface area contributed by atoms with E-state index in [2.05, 4.69) is 20.8 Å². The molecule has 0 aromatic heterocycles. The van der Waals surface area contributed by atoms with Crippen LogP contribution in [0.2, 0.25) is 0 Å². The molecular formula is C12H22N2O4. The summed E-state index contributed by atoms with van der Waals surface area (Å²) in [6, 6.07) is 0.193. The minimum Gasteiger partial charge on any atom is -0.481 e. The molecule has 1 saturated heterocycles. The van der Waals surface area contributed by atoms with Crippen LogP contribution in [0.25, 0.3) is 0 Å². The zero-order chi connectivity index (χ0) is 14.3. The summed E-state index contributed by atoms with van der Waals surface area (Å²) in [5.41, 5.74) is 6.17. The third-order valence-corrected chi connectivity index (χ3v) is 4.12. The van der Waals surface area contributed by atoms with Crippen molar-refractivity contribution in [3.8, 4) is 0 Å². The average Bonchev–Trinajstić information content (AvgIpc) is 2.57. The van der Waals surface area contributed by atoms with Crippen molar-refractivity contribution in [1.82, 2.24) is 4.90 Å². The van der Waals surface area contributed by atoms with Gasteiger partial charge < -0.3 is 20.8 Å². The Balaban J connectivity index is 0.000000357. The van der Waals surface area contributed by atoms with Crippen LogP contribution in [0.5, 0.6) is 0 Å². The number of aliphatic carboxylic acids is 1. The van der Waals surface area contributed by atoms with Gasteiger partial charge in [-0.25, -0.2) is 4.79 Å². The largest absolute Gasteiger partial charge is 0.481 e. The van der Waals surface area contributed by atoms with E-state index in [0.29, 0.717) is 19.0 Å². The van der Waals surface area contributed by atoms with Crippen LogP contribution in [0, 0.1) is 16.7 Å². The lowest BCUT2D eigenvalue weighted by atomic mass is 9.76. The van der Waals surface area contributed by atoms with Gasteiger partial charge in [-0.15, -0.1) is 0 Å². The summed E-state index contributed by atoms with van der Waals surface area (Å²) in [7, 11) is 0. The number of rotatable bonds is 0. The van der Waals surface area contributed by atoms with E-state index in [4.69, 9.17) is 20.7 Å². The van der Waals surface area contributed by atoms with E-state index in [9.17, 15) is 4.79 Å². The number of carboxylic acid groups (broad SMARTS) is 2. The lowest BCUT2D eigenvalue weighted by Crippen LogP contribution is -2.40. The minimum atomic E-state index is -0.833. The molecule has 104 valence electrons. The number of carbonyl (C=O) groups is 2. The highest BCUT2D eigenvalue weighted by molar-refractivity contribution is 5.66. The van der Waals surface area contributed by atoms with Gasteiger partial charge in [0.15, 0.2) is 0 Å². The van der Waals surface area contributed by atoms with Crippen LogP contribution >= 0.6 is 0 Å². The van der Waals surface area contributed by atoms with Gasteiger partial charge in [-0.05, 0) is 5.41 Å². The molecular weight excluding hydrogens is 236 g/mol. The number of hydrogen-bond acceptors (Lipinski definition) is 3. The Morgan fingerprint density at radius 1 is 1.33 bits per heavy atom. The highest BCUT2D eigenvalue weighted by Crippen LogP contribution is 2.65. The predicted octanol–water partition coefficient (Wildman–Crippen LogP) is 1.06. The van der Waals surface area contributed by atoms with Crippen molar-refractivity contribution in [2.45, 2.75) is 33.7 Å². The number of likely N-dealkylation sites (tertiary alicyclic amines) is 1. The highest BCUT2D eigenvalue weighted by Gasteiger charge is 2.72. The van der Waals surface area contributed by atoms with E-state index >= 15 is 0 Å². The molecule has 1 aliphatic carbocycles. The number of hydrogen-bond donors (Lipinski definition) is 3. The summed E-state index contributed by atoms with van der Waals surface area (Å²) in [6.45, 7) is 8.76. The Kier molecular flexibility index (Phi) is 3.63. The lowest BCUT2D eigenvalue weighted by Gasteiger charge is -2.31. The van der Waals surface area contributed by atoms with E-state index in [0.717, 1.165) is 6.92 Å². The smallest absolute Gasteiger partial charge is 0.407 e. The zero-order valence-electron chi connectivity index (χ0n) is 11.3. The highest BCUT2D eigenvalue weighted by atomic mass is 16.4. The Hall–Kier alpha value is -1.30. The van der Waals surface area contributed by atoms with Crippen LogP contribution in [-0.2, 0) is 4.79 Å². The molecule has 0 aromatic rings. The third-order valence-electron chi connectivity index (χ3n) is 4.12. The van der Waals surface area contributed by atoms with E-state index in [-0.39, 0.29) is 16.9 Å². The van der Waals surface area contributed by atoms with Crippen molar-refractivity contribution >= 4 is 12.1 Å². The van der Waals surface area contributed by atoms with Crippen molar-refractivity contribution in [3.05, 3.63) is 0 Å². The maximum Gasteiger partial charge on any atom is 0.407 e. The molecule has 1 aliphatic heterocycles. The van der Waals surface area contributed by atoms with Gasteiger partial charge >= 0.3 is 6.09 Å². The Morgan fingerprint density at radius 3 is 2.06 bits per heavy atom. The zero-order valence-corrected chi connectivity index (χ0v) is 11.3. The lowest BCUT2D eigenvalue weighted by molar-refractivity contribution is -0.134. The number of amides is 1. The Labute approximate surface area is 107 Å². The second-order valence-corrected chi connectivity index (χ2v) is 6.10. The molecule has 3 atom stereocenters. The van der Waals surface area contributed by atoms with E-state index in [1.165, 1.54) is 4.90 Å². The summed E-state index contributed by atoms with van der Waals surface area (Å²) in [5.74, 6) is -0.460. The van der Waals surface area contributed by atoms with Gasteiger partial charge in [-0.2, -0.15) is 0 Å². The van der Waals surface area contributed by atoms with Gasteiger partial charge in [0.25, 0.3) is 5.97 Å². The number of nitrogens with zero attached hydrogens (tertiary/aromatic N) is 1. The predicted molar refractivity (Wildman–Crippen MR) is 66.3 cm³/mol. The first-order valence-electron chi connectivity index (χ1n) is 5.97. The molecule has 0 aromatic carbocycles. The third kappa shape index (κ3) is 2.29. The van der Waals surface area contributed by atoms with Crippen molar-refractivity contribution < 1.29 is 19.8 Å². The average molecular weight is 258 g/mol. The number of carboxylic acids is 1. The molecule has 1 saturated carbocycles. The van der Waals surface area contributed by atoms with Crippen molar-refractivity contribution in [1.29, 1.82) is 0 Å². The summed E-state index contributed by atoms with van der Waals surface area (Å²) in [6.07, 6.45) is -0.812. The standard InChI is InChI=1S/C10H18N2O2.C2H4O2/c1-9(2,3)10-5-12(8(13)14)4-6(10)7(10)11;1-2(3)4/h6-7H,4-5,11H2,1-3H3,(H,13,14);1H3,(H,3,4)/t6-,7-,10-;/m0./s1. The molecule has 6 nitrogen and oxygen atoms in total. The molecule has 1 amide bonds. The fraction of sp³-hybridized carbons (Fsp3) is 0.833. The molecule has 2 fully saturated rings. The summed E-state index contributed by atoms with van der Waals surface area (Å²) in [4.78, 5) is 21.3. The Morgan fingerprint density at radius 2 is 1.78 bits per heavy atom. The van der Waals surface area contributed by atoms with Crippen LogP contribution < -0.4 is 5.73 Å². The molecule has 2 aliphatic rings. The van der Waals surface area contributed by atoms with Crippen LogP contribution in [0.15, 0.2) is 0 Å². The first-order valence-corrected chi connectivity index (χ1v) is 5.97. The fourth-order valence-corrected chi connectivity index (χ4v) is 3.11. The van der Waals surface area contributed by atoms with Crippen LogP contribution in [-0.4, -0.2) is 46.3 Å². The maximum atomic E-state index is 10.8. The maximum absolute atomic E-state index is 10.8. The van der Waals surface area contributed by atoms with Crippen LogP contribution in [0.1, 0.15) is 27.7 Å². The molecule has 0 unspecified atom stereocenters. The quantitative estimate of drug-likeness (QED) is 0.602. The van der Waals surface area contributed by atoms with Gasteiger partial charge in [0.2, 0.25) is 0 Å². The van der Waals surface area contributed by atoms with Gasteiger partial charge in [-0.3, -0.25) is 4.79 Å². The van der Waals surface area contributed by atoms with Gasteiger partial charge in [0, 0.05) is 37.4 Å². The monoisotopic (exact) mass is 258 g/mol. The molecule has 0 bridgehead atoms. The second-order valence-electron chi connectivity index (χ2n) is 6.10. The van der Waals surface area contributed by atoms with Crippen molar-refractivity contribution in [2.75, 3.05) is 13.1 Å². The number of fused-ring (bicyclic) bond motifs is 1. The fourth-order valence-electron chi connectivity index (χ4n) is 3.11. The van der Waals surface area contributed by atoms with E-state index in [1.807, 2.05) is 0 Å². The molecule has 0 radical (unpaired) electrons. The second kappa shape index (κ2) is 4.42. The van der Waals surface area contributed by atoms with Crippen LogP contribution in [0.3, 0.4) is 0 Å². The first-order chi connectivity index (χ1) is 8.04. The van der Waals surface area contributed by atoms with Gasteiger partial charge in [-0.1, -0.05) is 20.8 Å². The molecule has 4 N–H and O–H groups in total. The van der Waals surface area contributed by atoms with Crippen molar-refractivity contribution in [3.63, 3.8) is 0 Å². The SMILES string of the molecule is CC(=O)O.CC(C)(C)[C@@]12CN(C(=O)O)C[C@H]1[C@@H]2N. The normalized spacial score (nSPS) is 33.3. The number of nitrogens with two attached hydrogens (primary N) is 1. The summed E-state index contributed by atoms with van der Waals surface area (Å²) >= 11 is 0. The molecule has 0 spiro atoms. The number of piperidine rings is 1. The summed E-state index contributed by atoms with van der Waals surface area (Å²) in [5, 5.41) is 16.3. The topological polar surface area (TPSA) is 104 Å². The van der Waals surface area contributed by atoms with Crippen molar-refractivity contribution in [2.24, 2.45) is 22.5 Å². The molecule has 1 heterocycles. The molecule has 18 heavy (non-hydrogen) atoms. The molecule has 2 rings (SSSR count). The minimum absolute atomic E-state index is 0.0331. The van der Waals surface area contributed by atoms with Gasteiger partial charge in [0.1, 0.15) is 0 Å². The van der Waals surface area contributed by atoms with Crippen LogP contribution in [0.4, 0.5) is 4.79 Å². The van der Waals surface area contributed by atoms with E-state index in [1.54, 1.807) is 0 Å². The first kappa shape index (κ1) is 14.8. The Bertz CT molecular complexity index is 360. The molecule has 6 heteroatoms. The summed E-state index contributed by atoms with van der Waals surface area (Å²) < 4.78 is 0. The van der Waals surface area contributed by atoms with Gasteiger partial charge in [0.05, 0.1) is 0 Å². The van der Waals surface area contributed by atoms with E-state index < -0.39 is 12.1 Å².